The summed E-state index contributed by atoms with van der Waals surface area (Å²) >= 11 is 0. The van der Waals surface area contributed by atoms with Gasteiger partial charge in [0.15, 0.2) is 0 Å². The minimum absolute atomic E-state index is 0.428. The summed E-state index contributed by atoms with van der Waals surface area (Å²) in [5.74, 6) is 0.597. The summed E-state index contributed by atoms with van der Waals surface area (Å²) in [6.07, 6.45) is 1.65. The lowest BCUT2D eigenvalue weighted by atomic mass is 9.80. The van der Waals surface area contributed by atoms with Gasteiger partial charge in [-0.2, -0.15) is 4.98 Å². The Morgan fingerprint density at radius 3 is 2.73 bits per heavy atom. The van der Waals surface area contributed by atoms with E-state index in [4.69, 9.17) is 5.73 Å². The smallest absolute Gasteiger partial charge is 0.423 e. The molecule has 0 radical (unpaired) electrons. The normalized spacial score (nSPS) is 10.9. The van der Waals surface area contributed by atoms with Gasteiger partial charge in [0, 0.05) is 29.4 Å². The zero-order valence-corrected chi connectivity index (χ0v) is 16.3. The molecule has 0 saturated carbocycles. The van der Waals surface area contributed by atoms with E-state index in [0.717, 1.165) is 22.2 Å². The van der Waals surface area contributed by atoms with Gasteiger partial charge in [-0.25, -0.2) is 4.98 Å². The van der Waals surface area contributed by atoms with Gasteiger partial charge >= 0.3 is 7.12 Å². The van der Waals surface area contributed by atoms with Gasteiger partial charge in [-0.15, -0.1) is 0 Å². The zero-order chi connectivity index (χ0) is 21.3. The molecule has 9 heteroatoms. The van der Waals surface area contributed by atoms with Gasteiger partial charge in [-0.05, 0) is 42.2 Å². The number of nitrogens with two attached hydrogens (primary N) is 1. The summed E-state index contributed by atoms with van der Waals surface area (Å²) in [7, 11) is -1.51. The molecule has 0 aliphatic carbocycles. The van der Waals surface area contributed by atoms with Gasteiger partial charge in [-0.1, -0.05) is 30.3 Å². The molecule has 0 atom stereocenters. The summed E-state index contributed by atoms with van der Waals surface area (Å²) in [5, 5.41) is 22.6. The number of benzene rings is 2. The first-order valence-corrected chi connectivity index (χ1v) is 9.37. The third-order valence-corrected chi connectivity index (χ3v) is 4.86. The monoisotopic (exact) mass is 401 g/mol. The Morgan fingerprint density at radius 1 is 1.17 bits per heavy atom. The van der Waals surface area contributed by atoms with E-state index in [2.05, 4.69) is 15.3 Å². The van der Waals surface area contributed by atoms with Gasteiger partial charge in [0.05, 0.1) is 5.52 Å². The van der Waals surface area contributed by atoms with E-state index in [-0.39, 0.29) is 0 Å². The molecule has 0 aliphatic heterocycles. The number of amides is 1. The maximum absolute atomic E-state index is 11.8. The Kier molecular flexibility index (Phi) is 5.22. The first-order valence-electron chi connectivity index (χ1n) is 9.37. The summed E-state index contributed by atoms with van der Waals surface area (Å²) in [6, 6.07) is 16.0. The highest BCUT2D eigenvalue weighted by molar-refractivity contribution is 6.58. The van der Waals surface area contributed by atoms with Gasteiger partial charge < -0.3 is 21.1 Å². The van der Waals surface area contributed by atoms with E-state index in [0.29, 0.717) is 29.3 Å². The lowest BCUT2D eigenvalue weighted by molar-refractivity contribution is 0.100. The maximum Gasteiger partial charge on any atom is 0.488 e. The lowest BCUT2D eigenvalue weighted by Crippen LogP contribution is -2.30. The molecule has 4 aromatic rings. The number of fused-ring (bicyclic) bond motifs is 1. The average molecular weight is 401 g/mol. The highest BCUT2D eigenvalue weighted by Gasteiger charge is 2.15. The van der Waals surface area contributed by atoms with Crippen molar-refractivity contribution in [1.29, 1.82) is 0 Å². The molecular weight excluding hydrogens is 381 g/mol. The molecule has 0 spiro atoms. The standard InChI is InChI=1S/C21H20BN5O3/c1-13-10-17-16(20(23)28)6-3-7-18(17)27(13)21-24-9-8-19(26-21)25-12-14-4-2-5-15(11-14)22(29)30/h2-11,29-30H,12H2,1H3,(H2,23,28)(H,24,25,26). The highest BCUT2D eigenvalue weighted by atomic mass is 16.4. The van der Waals surface area contributed by atoms with Crippen molar-refractivity contribution in [3.63, 3.8) is 0 Å². The Balaban J connectivity index is 1.64. The van der Waals surface area contributed by atoms with E-state index in [1.807, 2.05) is 29.7 Å². The van der Waals surface area contributed by atoms with Crippen LogP contribution >= 0.6 is 0 Å². The molecule has 8 nitrogen and oxygen atoms in total. The number of rotatable bonds is 6. The van der Waals surface area contributed by atoms with E-state index in [9.17, 15) is 14.8 Å². The number of aryl methyl sites for hydroxylation is 1. The zero-order valence-electron chi connectivity index (χ0n) is 16.3. The summed E-state index contributed by atoms with van der Waals surface area (Å²) in [5.41, 5.74) is 8.94. The Labute approximate surface area is 173 Å². The number of hydrogen-bond acceptors (Lipinski definition) is 6. The molecule has 30 heavy (non-hydrogen) atoms. The van der Waals surface area contributed by atoms with Crippen LogP contribution in [0, 0.1) is 6.92 Å². The number of aromatic nitrogens is 3. The predicted octanol–water partition coefficient (Wildman–Crippen LogP) is 1.12. The molecule has 0 unspecified atom stereocenters. The quantitative estimate of drug-likeness (QED) is 0.359. The average Bonchev–Trinajstić information content (AvgIpc) is 3.08. The Bertz CT molecular complexity index is 1240. The second-order valence-corrected chi connectivity index (χ2v) is 6.94. The molecule has 2 aromatic heterocycles. The fraction of sp³-hybridized carbons (Fsp3) is 0.0952. The van der Waals surface area contributed by atoms with E-state index in [1.165, 1.54) is 0 Å². The Hall–Kier alpha value is -3.69. The fourth-order valence-electron chi connectivity index (χ4n) is 3.45. The maximum atomic E-state index is 11.8. The van der Waals surface area contributed by atoms with Crippen LogP contribution in [0.4, 0.5) is 5.82 Å². The molecule has 1 amide bonds. The van der Waals surface area contributed by atoms with Crippen LogP contribution < -0.4 is 16.5 Å². The van der Waals surface area contributed by atoms with Crippen molar-refractivity contribution in [1.82, 2.24) is 14.5 Å². The van der Waals surface area contributed by atoms with Crippen LogP contribution in [0.1, 0.15) is 21.6 Å². The second-order valence-electron chi connectivity index (χ2n) is 6.94. The third kappa shape index (κ3) is 3.76. The van der Waals surface area contributed by atoms with Gasteiger partial charge in [0.25, 0.3) is 0 Å². The van der Waals surface area contributed by atoms with E-state index < -0.39 is 13.0 Å². The summed E-state index contributed by atoms with van der Waals surface area (Å²) in [6.45, 7) is 2.37. The van der Waals surface area contributed by atoms with Crippen molar-refractivity contribution < 1.29 is 14.8 Å². The second kappa shape index (κ2) is 7.98. The molecule has 0 saturated heterocycles. The van der Waals surface area contributed by atoms with Crippen molar-refractivity contribution in [2.75, 3.05) is 5.32 Å². The van der Waals surface area contributed by atoms with Gasteiger partial charge in [0.1, 0.15) is 5.82 Å². The van der Waals surface area contributed by atoms with Gasteiger partial charge in [0.2, 0.25) is 11.9 Å². The molecule has 150 valence electrons. The van der Waals surface area contributed by atoms with Crippen LogP contribution in [0.25, 0.3) is 16.9 Å². The number of hydrogen-bond donors (Lipinski definition) is 4. The van der Waals surface area contributed by atoms with Crippen LogP contribution in [0.3, 0.4) is 0 Å². The first kappa shape index (κ1) is 19.6. The summed E-state index contributed by atoms with van der Waals surface area (Å²) < 4.78 is 1.87. The van der Waals surface area contributed by atoms with Crippen LogP contribution in [-0.2, 0) is 6.54 Å². The molecule has 0 fully saturated rings. The minimum atomic E-state index is -1.51. The number of nitrogens with zero attached hydrogens (tertiary/aromatic N) is 3. The first-order chi connectivity index (χ1) is 14.4. The van der Waals surface area contributed by atoms with Crippen LogP contribution in [0.15, 0.2) is 60.8 Å². The lowest BCUT2D eigenvalue weighted by Gasteiger charge is -2.10. The van der Waals surface area contributed by atoms with Crippen LogP contribution in [0.5, 0.6) is 0 Å². The van der Waals surface area contributed by atoms with Crippen molar-refractivity contribution in [2.45, 2.75) is 13.5 Å². The predicted molar refractivity (Wildman–Crippen MR) is 116 cm³/mol. The van der Waals surface area contributed by atoms with Crippen molar-refractivity contribution in [3.8, 4) is 5.95 Å². The highest BCUT2D eigenvalue weighted by Crippen LogP contribution is 2.25. The molecule has 4 rings (SSSR count). The number of carbonyl (C=O) groups excluding carboxylic acids is 1. The molecular formula is C21H20BN5O3. The van der Waals surface area contributed by atoms with E-state index in [1.54, 1.807) is 42.6 Å². The van der Waals surface area contributed by atoms with Crippen molar-refractivity contribution >= 4 is 35.2 Å². The number of carbonyl (C=O) groups is 1. The number of anilines is 1. The molecule has 5 N–H and O–H groups in total. The number of primary amides is 1. The molecule has 0 aliphatic rings. The molecule has 2 heterocycles. The number of nitrogens with one attached hydrogen (secondary N) is 1. The van der Waals surface area contributed by atoms with Gasteiger partial charge in [-0.3, -0.25) is 9.36 Å². The largest absolute Gasteiger partial charge is 0.488 e. The topological polar surface area (TPSA) is 126 Å². The van der Waals surface area contributed by atoms with Crippen LogP contribution in [0.2, 0.25) is 0 Å². The molecule has 2 aromatic carbocycles. The SMILES string of the molecule is Cc1cc2c(C(N)=O)cccc2n1-c1nccc(NCc2cccc(B(O)O)c2)n1. The van der Waals surface area contributed by atoms with Crippen molar-refractivity contribution in [2.24, 2.45) is 5.73 Å². The fourth-order valence-corrected chi connectivity index (χ4v) is 3.45. The van der Waals surface area contributed by atoms with Crippen LogP contribution in [-0.4, -0.2) is 37.6 Å². The summed E-state index contributed by atoms with van der Waals surface area (Å²) in [4.78, 5) is 20.7. The van der Waals surface area contributed by atoms with E-state index >= 15 is 0 Å². The Morgan fingerprint density at radius 2 is 1.97 bits per heavy atom. The van der Waals surface area contributed by atoms with Crippen molar-refractivity contribution in [3.05, 3.63) is 77.6 Å². The molecule has 0 bridgehead atoms. The third-order valence-electron chi connectivity index (χ3n) is 4.86. The minimum Gasteiger partial charge on any atom is -0.423 e.